The quantitative estimate of drug-likeness (QED) is 0.750. The van der Waals surface area contributed by atoms with Gasteiger partial charge in [-0.1, -0.05) is 5.92 Å². The second-order valence-corrected chi connectivity index (χ2v) is 5.09. The summed E-state index contributed by atoms with van der Waals surface area (Å²) in [6.07, 6.45) is 3.30. The van der Waals surface area contributed by atoms with Crippen LogP contribution in [0.5, 0.6) is 0 Å². The van der Waals surface area contributed by atoms with Gasteiger partial charge in [-0.3, -0.25) is 4.79 Å². The highest BCUT2D eigenvalue weighted by Crippen LogP contribution is 2.40. The predicted molar refractivity (Wildman–Crippen MR) is 85.4 cm³/mol. The molecule has 0 unspecified atom stereocenters. The van der Waals surface area contributed by atoms with Crippen LogP contribution in [0.25, 0.3) is 0 Å². The third-order valence-corrected chi connectivity index (χ3v) is 3.33. The fourth-order valence-corrected chi connectivity index (χ4v) is 2.15. The summed E-state index contributed by atoms with van der Waals surface area (Å²) in [5.41, 5.74) is 2.64. The average molecular weight is 293 g/mol. The molecule has 1 aliphatic heterocycles. The molecule has 0 aliphatic carbocycles. The highest BCUT2D eigenvalue weighted by Gasteiger charge is 2.21. The zero-order chi connectivity index (χ0) is 15.7. The van der Waals surface area contributed by atoms with Gasteiger partial charge in [0, 0.05) is 45.0 Å². The van der Waals surface area contributed by atoms with Crippen molar-refractivity contribution in [2.45, 2.75) is 0 Å². The molecule has 2 heterocycles. The zero-order valence-electron chi connectivity index (χ0n) is 12.6. The number of nitrogens with one attached hydrogen (secondary N) is 1. The number of hydrogen-bond donors (Lipinski definition) is 1. The molecule has 1 aliphatic rings. The number of aromatic nitrogens is 2. The lowest BCUT2D eigenvalue weighted by molar-refractivity contribution is -0.122. The molecule has 0 saturated heterocycles. The number of fused-ring (bicyclic) bond motifs is 2. The summed E-state index contributed by atoms with van der Waals surface area (Å²) in [6, 6.07) is 5.73. The fourth-order valence-electron chi connectivity index (χ4n) is 2.15. The van der Waals surface area contributed by atoms with Crippen LogP contribution in [0, 0.1) is 11.8 Å². The standard InChI is InChI=1S/C16H15N5O/c1-20(2)14(22)7-5-11-4-6-13-12(10-11)19-15-16(21(13)3)18-9-8-17-15/h4,6,8-10H,1-3H3,(H,17,19). The van der Waals surface area contributed by atoms with Crippen LogP contribution < -0.4 is 10.2 Å². The molecular weight excluding hydrogens is 278 g/mol. The minimum atomic E-state index is -0.223. The van der Waals surface area contributed by atoms with E-state index >= 15 is 0 Å². The Morgan fingerprint density at radius 2 is 2.05 bits per heavy atom. The first-order valence-electron chi connectivity index (χ1n) is 6.75. The van der Waals surface area contributed by atoms with Crippen LogP contribution in [-0.2, 0) is 4.79 Å². The molecule has 110 valence electrons. The van der Waals surface area contributed by atoms with E-state index in [0.717, 1.165) is 22.8 Å². The van der Waals surface area contributed by atoms with E-state index in [4.69, 9.17) is 0 Å². The van der Waals surface area contributed by atoms with Gasteiger partial charge in [0.2, 0.25) is 0 Å². The van der Waals surface area contributed by atoms with Crippen LogP contribution in [0.1, 0.15) is 5.56 Å². The Bertz CT molecular complexity index is 804. The molecule has 2 aromatic rings. The topological polar surface area (TPSA) is 61.4 Å². The smallest absolute Gasteiger partial charge is 0.298 e. The number of hydrogen-bond acceptors (Lipinski definition) is 5. The first-order chi connectivity index (χ1) is 10.6. The lowest BCUT2D eigenvalue weighted by Gasteiger charge is -2.28. The molecule has 6 heteroatoms. The highest BCUT2D eigenvalue weighted by atomic mass is 16.2. The van der Waals surface area contributed by atoms with Crippen LogP contribution in [0.15, 0.2) is 30.6 Å². The van der Waals surface area contributed by atoms with E-state index in [1.807, 2.05) is 30.1 Å². The third kappa shape index (κ3) is 2.44. The number of carbonyl (C=O) groups excluding carboxylic acids is 1. The Morgan fingerprint density at radius 1 is 1.27 bits per heavy atom. The number of amides is 1. The van der Waals surface area contributed by atoms with Gasteiger partial charge in [-0.25, -0.2) is 9.97 Å². The molecule has 3 rings (SSSR count). The lowest BCUT2D eigenvalue weighted by atomic mass is 10.1. The van der Waals surface area contributed by atoms with Crippen LogP contribution in [0.2, 0.25) is 0 Å². The summed E-state index contributed by atoms with van der Waals surface area (Å²) in [4.78, 5) is 23.6. The monoisotopic (exact) mass is 293 g/mol. The van der Waals surface area contributed by atoms with Crippen LogP contribution >= 0.6 is 0 Å². The number of rotatable bonds is 0. The van der Waals surface area contributed by atoms with Crippen molar-refractivity contribution in [3.05, 3.63) is 36.2 Å². The minimum Gasteiger partial charge on any atom is -0.338 e. The van der Waals surface area contributed by atoms with Crippen molar-refractivity contribution < 1.29 is 4.79 Å². The summed E-state index contributed by atoms with van der Waals surface area (Å²) in [5, 5.41) is 3.24. The lowest BCUT2D eigenvalue weighted by Crippen LogP contribution is -2.20. The molecule has 0 bridgehead atoms. The van der Waals surface area contributed by atoms with Gasteiger partial charge in [0.05, 0.1) is 11.4 Å². The van der Waals surface area contributed by atoms with E-state index in [1.165, 1.54) is 4.90 Å². The number of benzene rings is 1. The van der Waals surface area contributed by atoms with Crippen LogP contribution in [0.3, 0.4) is 0 Å². The zero-order valence-corrected chi connectivity index (χ0v) is 12.6. The minimum absolute atomic E-state index is 0.223. The van der Waals surface area contributed by atoms with Gasteiger partial charge in [0.1, 0.15) is 0 Å². The molecular formula is C16H15N5O. The largest absolute Gasteiger partial charge is 0.338 e. The van der Waals surface area contributed by atoms with Crippen LogP contribution in [-0.4, -0.2) is 41.9 Å². The maximum Gasteiger partial charge on any atom is 0.298 e. The van der Waals surface area contributed by atoms with E-state index in [1.54, 1.807) is 26.5 Å². The molecule has 1 amide bonds. The number of carbonyl (C=O) groups is 1. The molecule has 1 aromatic heterocycles. The van der Waals surface area contributed by atoms with Gasteiger partial charge < -0.3 is 15.1 Å². The van der Waals surface area contributed by atoms with Crippen molar-refractivity contribution >= 4 is 28.9 Å². The van der Waals surface area contributed by atoms with Crippen LogP contribution in [0.4, 0.5) is 23.0 Å². The van der Waals surface area contributed by atoms with Crippen molar-refractivity contribution in [1.82, 2.24) is 14.9 Å². The first-order valence-corrected chi connectivity index (χ1v) is 6.75. The van der Waals surface area contributed by atoms with Gasteiger partial charge in [0.15, 0.2) is 11.6 Å². The molecule has 0 atom stereocenters. The van der Waals surface area contributed by atoms with Gasteiger partial charge in [-0.05, 0) is 18.2 Å². The Labute approximate surface area is 128 Å². The molecule has 0 fully saturated rings. The normalized spacial score (nSPS) is 11.5. The van der Waals surface area contributed by atoms with E-state index in [9.17, 15) is 4.79 Å². The van der Waals surface area contributed by atoms with Crippen molar-refractivity contribution in [2.75, 3.05) is 31.4 Å². The Kier molecular flexibility index (Phi) is 3.39. The second-order valence-electron chi connectivity index (χ2n) is 5.09. The molecule has 1 N–H and O–H groups in total. The van der Waals surface area contributed by atoms with Gasteiger partial charge >= 0.3 is 0 Å². The SMILES string of the molecule is CN(C)C(=O)C#Cc1ccc2c(c1)Nc1nccnc1N2C. The number of anilines is 4. The van der Waals surface area contributed by atoms with E-state index < -0.39 is 0 Å². The first kappa shape index (κ1) is 13.9. The number of nitrogens with zero attached hydrogens (tertiary/aromatic N) is 4. The summed E-state index contributed by atoms with van der Waals surface area (Å²) in [5.74, 6) is 6.73. The van der Waals surface area contributed by atoms with Crippen molar-refractivity contribution in [1.29, 1.82) is 0 Å². The van der Waals surface area contributed by atoms with Crippen molar-refractivity contribution in [3.63, 3.8) is 0 Å². The Hall–Kier alpha value is -3.07. The molecule has 0 radical (unpaired) electrons. The third-order valence-electron chi connectivity index (χ3n) is 3.33. The summed E-state index contributed by atoms with van der Waals surface area (Å²) < 4.78 is 0. The highest BCUT2D eigenvalue weighted by molar-refractivity contribution is 5.94. The second kappa shape index (κ2) is 5.37. The van der Waals surface area contributed by atoms with Crippen molar-refractivity contribution in [3.8, 4) is 11.8 Å². The molecule has 0 spiro atoms. The molecule has 6 nitrogen and oxygen atoms in total. The van der Waals surface area contributed by atoms with Gasteiger partial charge in [0.25, 0.3) is 5.91 Å². The molecule has 0 saturated carbocycles. The van der Waals surface area contributed by atoms with E-state index in [-0.39, 0.29) is 5.91 Å². The maximum absolute atomic E-state index is 11.5. The summed E-state index contributed by atoms with van der Waals surface area (Å²) in [7, 11) is 5.29. The summed E-state index contributed by atoms with van der Waals surface area (Å²) >= 11 is 0. The Morgan fingerprint density at radius 3 is 2.82 bits per heavy atom. The summed E-state index contributed by atoms with van der Waals surface area (Å²) in [6.45, 7) is 0. The predicted octanol–water partition coefficient (Wildman–Crippen LogP) is 1.74. The Balaban J connectivity index is 1.95. The van der Waals surface area contributed by atoms with Gasteiger partial charge in [-0.15, -0.1) is 0 Å². The van der Waals surface area contributed by atoms with E-state index in [2.05, 4.69) is 27.1 Å². The fraction of sp³-hybridized carbons (Fsp3) is 0.188. The van der Waals surface area contributed by atoms with E-state index in [0.29, 0.717) is 5.82 Å². The van der Waals surface area contributed by atoms with Gasteiger partial charge in [-0.2, -0.15) is 0 Å². The van der Waals surface area contributed by atoms with Crippen molar-refractivity contribution in [2.24, 2.45) is 0 Å². The molecule has 22 heavy (non-hydrogen) atoms. The molecule has 1 aromatic carbocycles. The maximum atomic E-state index is 11.5. The average Bonchev–Trinajstić information content (AvgIpc) is 2.52.